The van der Waals surface area contributed by atoms with Crippen molar-refractivity contribution in [2.24, 2.45) is 5.92 Å². The minimum Gasteiger partial charge on any atom is -0.375 e. The first kappa shape index (κ1) is 14.8. The fraction of sp³-hybridized carbons (Fsp3) is 1.00. The second-order valence-electron chi connectivity index (χ2n) is 6.54. The lowest BCUT2D eigenvalue weighted by Crippen LogP contribution is -2.51. The molecule has 0 spiro atoms. The summed E-state index contributed by atoms with van der Waals surface area (Å²) in [6.07, 6.45) is 7.85. The molecule has 0 aromatic rings. The average molecular weight is 284 g/mol. The van der Waals surface area contributed by atoms with E-state index < -0.39 is 5.79 Å². The summed E-state index contributed by atoms with van der Waals surface area (Å²) in [6.45, 7) is 6.20. The van der Waals surface area contributed by atoms with E-state index in [1.165, 1.54) is 32.1 Å². The first-order valence-electron chi connectivity index (χ1n) is 8.26. The molecule has 2 heterocycles. The molecule has 4 nitrogen and oxygen atoms in total. The Morgan fingerprint density at radius 2 is 1.95 bits per heavy atom. The van der Waals surface area contributed by atoms with E-state index in [-0.39, 0.29) is 18.3 Å². The monoisotopic (exact) mass is 284 g/mol. The minimum atomic E-state index is -0.564. The fourth-order valence-electron chi connectivity index (χ4n) is 3.75. The molecule has 1 saturated carbocycles. The van der Waals surface area contributed by atoms with Gasteiger partial charge in [0.25, 0.3) is 0 Å². The third-order valence-corrected chi connectivity index (χ3v) is 5.00. The molecule has 4 atom stereocenters. The number of hydrogen-bond acceptors (Lipinski definition) is 4. The zero-order valence-corrected chi connectivity index (χ0v) is 12.8. The summed E-state index contributed by atoms with van der Waals surface area (Å²) in [5.74, 6) is 0.177. The summed E-state index contributed by atoms with van der Waals surface area (Å²) >= 11 is 0. The van der Waals surface area contributed by atoms with Crippen molar-refractivity contribution < 1.29 is 18.9 Å². The van der Waals surface area contributed by atoms with Crippen molar-refractivity contribution in [3.05, 3.63) is 0 Å². The Bertz CT molecular complexity index is 316. The third-order valence-electron chi connectivity index (χ3n) is 5.00. The van der Waals surface area contributed by atoms with E-state index in [2.05, 4.69) is 0 Å². The van der Waals surface area contributed by atoms with Gasteiger partial charge in [0, 0.05) is 19.6 Å². The summed E-state index contributed by atoms with van der Waals surface area (Å²) in [6, 6.07) is 0. The van der Waals surface area contributed by atoms with Crippen LogP contribution in [0.25, 0.3) is 0 Å². The molecule has 0 amide bonds. The van der Waals surface area contributed by atoms with Crippen LogP contribution in [0.1, 0.15) is 52.4 Å². The van der Waals surface area contributed by atoms with E-state index in [9.17, 15) is 0 Å². The largest absolute Gasteiger partial charge is 0.375 e. The van der Waals surface area contributed by atoms with Gasteiger partial charge < -0.3 is 18.9 Å². The van der Waals surface area contributed by atoms with Crippen molar-refractivity contribution in [3.63, 3.8) is 0 Å². The van der Waals surface area contributed by atoms with Gasteiger partial charge in [0.1, 0.15) is 12.2 Å². The first-order chi connectivity index (χ1) is 9.71. The Kier molecular flexibility index (Phi) is 4.65. The zero-order chi connectivity index (χ0) is 14.0. The van der Waals surface area contributed by atoms with E-state index in [4.69, 9.17) is 18.9 Å². The number of ether oxygens (including phenoxy) is 4. The number of rotatable bonds is 5. The Labute approximate surface area is 122 Å². The molecule has 116 valence electrons. The predicted molar refractivity (Wildman–Crippen MR) is 75.6 cm³/mol. The van der Waals surface area contributed by atoms with Crippen LogP contribution in [0.2, 0.25) is 0 Å². The number of hydrogen-bond donors (Lipinski definition) is 0. The van der Waals surface area contributed by atoms with Gasteiger partial charge in [-0.1, -0.05) is 19.3 Å². The Morgan fingerprint density at radius 1 is 1.15 bits per heavy atom. The van der Waals surface area contributed by atoms with Crippen LogP contribution < -0.4 is 0 Å². The maximum Gasteiger partial charge on any atom is 0.192 e. The number of fused-ring (bicyclic) bond motifs is 2. The lowest BCUT2D eigenvalue weighted by molar-refractivity contribution is -0.268. The highest BCUT2D eigenvalue weighted by atomic mass is 16.8. The second kappa shape index (κ2) is 6.30. The molecule has 0 aromatic carbocycles. The van der Waals surface area contributed by atoms with Crippen molar-refractivity contribution in [3.8, 4) is 0 Å². The van der Waals surface area contributed by atoms with E-state index in [0.29, 0.717) is 13.2 Å². The van der Waals surface area contributed by atoms with Crippen molar-refractivity contribution >= 4 is 0 Å². The summed E-state index contributed by atoms with van der Waals surface area (Å²) in [5, 5.41) is 0. The van der Waals surface area contributed by atoms with Crippen LogP contribution >= 0.6 is 0 Å². The molecule has 4 heteroatoms. The van der Waals surface area contributed by atoms with E-state index >= 15 is 0 Å². The summed E-state index contributed by atoms with van der Waals surface area (Å²) in [5.41, 5.74) is 0. The van der Waals surface area contributed by atoms with E-state index in [1.54, 1.807) is 0 Å². The van der Waals surface area contributed by atoms with Crippen LogP contribution in [0, 0.1) is 5.92 Å². The third kappa shape index (κ3) is 3.03. The molecule has 0 aromatic heterocycles. The highest BCUT2D eigenvalue weighted by molar-refractivity contribution is 4.94. The van der Waals surface area contributed by atoms with Gasteiger partial charge in [0.05, 0.1) is 12.7 Å². The maximum atomic E-state index is 6.19. The van der Waals surface area contributed by atoms with Crippen LogP contribution in [0.15, 0.2) is 0 Å². The van der Waals surface area contributed by atoms with Gasteiger partial charge in [0.2, 0.25) is 0 Å². The Hall–Kier alpha value is -0.160. The molecule has 2 bridgehead atoms. The van der Waals surface area contributed by atoms with Crippen molar-refractivity contribution in [2.45, 2.75) is 76.5 Å². The molecule has 2 saturated heterocycles. The lowest BCUT2D eigenvalue weighted by Gasteiger charge is -2.40. The van der Waals surface area contributed by atoms with Crippen LogP contribution in [0.3, 0.4) is 0 Å². The van der Waals surface area contributed by atoms with Crippen molar-refractivity contribution in [1.82, 2.24) is 0 Å². The van der Waals surface area contributed by atoms with Gasteiger partial charge in [0.15, 0.2) is 5.79 Å². The summed E-state index contributed by atoms with van der Waals surface area (Å²) in [4.78, 5) is 0. The summed E-state index contributed by atoms with van der Waals surface area (Å²) in [7, 11) is 0. The van der Waals surface area contributed by atoms with Crippen LogP contribution in [-0.4, -0.2) is 43.9 Å². The quantitative estimate of drug-likeness (QED) is 0.778. The molecule has 20 heavy (non-hydrogen) atoms. The molecule has 0 unspecified atom stereocenters. The van der Waals surface area contributed by atoms with Gasteiger partial charge >= 0.3 is 0 Å². The summed E-state index contributed by atoms with van der Waals surface area (Å²) < 4.78 is 23.9. The second-order valence-corrected chi connectivity index (χ2v) is 6.54. The standard InChI is InChI=1S/C16H28O4/c1-3-17-15-9-13(14-11-19-16(15,2)20-14)18-10-12-7-5-4-6-8-12/h12-15H,3-11H2,1-2H3/t13-,14+,15+,16+/m0/s1. The molecule has 2 aliphatic heterocycles. The molecular formula is C16H28O4. The molecule has 3 fully saturated rings. The molecule has 0 radical (unpaired) electrons. The highest BCUT2D eigenvalue weighted by Crippen LogP contribution is 2.39. The SMILES string of the molecule is CCO[C@@H]1C[C@H](OCC2CCCCC2)[C@H]2CO[C@]1(C)O2. The van der Waals surface area contributed by atoms with Crippen molar-refractivity contribution in [1.29, 1.82) is 0 Å². The Morgan fingerprint density at radius 3 is 2.70 bits per heavy atom. The van der Waals surface area contributed by atoms with Gasteiger partial charge in [-0.25, -0.2) is 0 Å². The van der Waals surface area contributed by atoms with Crippen LogP contribution in [0.4, 0.5) is 0 Å². The van der Waals surface area contributed by atoms with Gasteiger partial charge in [-0.3, -0.25) is 0 Å². The van der Waals surface area contributed by atoms with Crippen molar-refractivity contribution in [2.75, 3.05) is 19.8 Å². The molecular weight excluding hydrogens is 256 g/mol. The van der Waals surface area contributed by atoms with Gasteiger partial charge in [-0.2, -0.15) is 0 Å². The van der Waals surface area contributed by atoms with Crippen LogP contribution in [-0.2, 0) is 18.9 Å². The molecule has 3 aliphatic rings. The van der Waals surface area contributed by atoms with E-state index in [1.807, 2.05) is 13.8 Å². The maximum absolute atomic E-state index is 6.19. The molecule has 0 N–H and O–H groups in total. The van der Waals surface area contributed by atoms with Gasteiger partial charge in [-0.05, 0) is 32.6 Å². The minimum absolute atomic E-state index is 0.0115. The zero-order valence-electron chi connectivity index (χ0n) is 12.8. The molecule has 3 rings (SSSR count). The smallest absolute Gasteiger partial charge is 0.192 e. The molecule has 1 aliphatic carbocycles. The van der Waals surface area contributed by atoms with E-state index in [0.717, 1.165) is 18.9 Å². The first-order valence-corrected chi connectivity index (χ1v) is 8.26. The normalized spacial score (nSPS) is 42.0. The fourth-order valence-corrected chi connectivity index (χ4v) is 3.75. The van der Waals surface area contributed by atoms with Crippen LogP contribution in [0.5, 0.6) is 0 Å². The predicted octanol–water partition coefficient (Wildman–Crippen LogP) is 2.89. The topological polar surface area (TPSA) is 36.9 Å². The average Bonchev–Trinajstić information content (AvgIpc) is 2.81. The Balaban J connectivity index is 1.54. The van der Waals surface area contributed by atoms with Gasteiger partial charge in [-0.15, -0.1) is 0 Å². The highest BCUT2D eigenvalue weighted by Gasteiger charge is 2.53. The lowest BCUT2D eigenvalue weighted by atomic mass is 9.90.